The van der Waals surface area contributed by atoms with E-state index in [1.165, 1.54) is 6.92 Å². The van der Waals surface area contributed by atoms with Gasteiger partial charge in [0.15, 0.2) is 0 Å². The van der Waals surface area contributed by atoms with Gasteiger partial charge in [0, 0.05) is 6.42 Å². The minimum atomic E-state index is -1.90. The molecule has 0 aromatic carbocycles. The van der Waals surface area contributed by atoms with Crippen LogP contribution in [0.4, 0.5) is 4.39 Å². The number of ether oxygens (including phenoxy) is 1. The minimum Gasteiger partial charge on any atom is -0.457 e. The fourth-order valence-corrected chi connectivity index (χ4v) is 5.54. The summed E-state index contributed by atoms with van der Waals surface area (Å²) in [6.07, 6.45) is 8.99. The number of carbonyl (C=O) groups is 1. The number of alkyl halides is 1. The van der Waals surface area contributed by atoms with Gasteiger partial charge < -0.3 is 9.84 Å². The molecule has 0 radical (unpaired) electrons. The molecule has 4 rings (SSSR count). The molecule has 0 aromatic rings. The van der Waals surface area contributed by atoms with Gasteiger partial charge in [0.05, 0.1) is 5.60 Å². The molecule has 1 N–H and O–H groups in total. The molecule has 0 heterocycles. The molecular weight excluding hydrogens is 295 g/mol. The first kappa shape index (κ1) is 17.2. The van der Waals surface area contributed by atoms with E-state index < -0.39 is 22.8 Å². The molecule has 4 fully saturated rings. The van der Waals surface area contributed by atoms with E-state index in [2.05, 4.69) is 6.92 Å². The van der Waals surface area contributed by atoms with Crippen LogP contribution < -0.4 is 0 Å². The quantitative estimate of drug-likeness (QED) is 0.560. The maximum Gasteiger partial charge on any atom is 0.344 e. The second-order valence-electron chi connectivity index (χ2n) is 8.77. The Morgan fingerprint density at radius 2 is 1.87 bits per heavy atom. The zero-order chi connectivity index (χ0) is 16.7. The van der Waals surface area contributed by atoms with E-state index in [0.29, 0.717) is 18.3 Å². The number of unbranched alkanes of at least 4 members (excludes halogenated alkanes) is 3. The van der Waals surface area contributed by atoms with Crippen molar-refractivity contribution in [1.82, 2.24) is 0 Å². The van der Waals surface area contributed by atoms with Crippen molar-refractivity contribution >= 4 is 5.97 Å². The summed E-state index contributed by atoms with van der Waals surface area (Å²) in [6, 6.07) is 0. The first-order chi connectivity index (χ1) is 10.8. The van der Waals surface area contributed by atoms with Crippen LogP contribution in [0.25, 0.3) is 0 Å². The van der Waals surface area contributed by atoms with Crippen molar-refractivity contribution in [2.75, 3.05) is 0 Å². The average molecular weight is 326 g/mol. The summed E-state index contributed by atoms with van der Waals surface area (Å²) in [5, 5.41) is 10.7. The van der Waals surface area contributed by atoms with Crippen LogP contribution in [0.2, 0.25) is 0 Å². The van der Waals surface area contributed by atoms with E-state index in [4.69, 9.17) is 4.74 Å². The third-order valence-electron chi connectivity index (χ3n) is 6.21. The predicted molar refractivity (Wildman–Crippen MR) is 86.7 cm³/mol. The SMILES string of the molecule is CCCCCCC(C)(F)C(=O)OC12CC3CC(CC(O)(C3)C1)C2. The van der Waals surface area contributed by atoms with Crippen molar-refractivity contribution in [3.05, 3.63) is 0 Å². The van der Waals surface area contributed by atoms with Gasteiger partial charge in [-0.2, -0.15) is 0 Å². The van der Waals surface area contributed by atoms with Crippen molar-refractivity contribution in [3.63, 3.8) is 0 Å². The summed E-state index contributed by atoms with van der Waals surface area (Å²) >= 11 is 0. The van der Waals surface area contributed by atoms with Gasteiger partial charge in [0.2, 0.25) is 5.67 Å². The van der Waals surface area contributed by atoms with Gasteiger partial charge >= 0.3 is 5.97 Å². The van der Waals surface area contributed by atoms with E-state index >= 15 is 0 Å². The lowest BCUT2D eigenvalue weighted by atomic mass is 9.52. The van der Waals surface area contributed by atoms with Crippen LogP contribution in [0.1, 0.15) is 84.5 Å². The highest BCUT2D eigenvalue weighted by Crippen LogP contribution is 2.59. The highest BCUT2D eigenvalue weighted by molar-refractivity contribution is 5.79. The number of hydrogen-bond donors (Lipinski definition) is 1. The van der Waals surface area contributed by atoms with Crippen molar-refractivity contribution in [1.29, 1.82) is 0 Å². The number of carbonyl (C=O) groups excluding carboxylic acids is 1. The van der Waals surface area contributed by atoms with E-state index in [1.807, 2.05) is 0 Å². The van der Waals surface area contributed by atoms with E-state index in [0.717, 1.165) is 57.8 Å². The molecule has 0 aliphatic heterocycles. The van der Waals surface area contributed by atoms with Crippen LogP contribution in [0, 0.1) is 11.8 Å². The first-order valence-electron chi connectivity index (χ1n) is 9.41. The third-order valence-corrected chi connectivity index (χ3v) is 6.21. The van der Waals surface area contributed by atoms with Gasteiger partial charge in [-0.3, -0.25) is 0 Å². The Kier molecular flexibility index (Phi) is 4.50. The molecule has 132 valence electrons. The average Bonchev–Trinajstić information content (AvgIpc) is 2.40. The monoisotopic (exact) mass is 326 g/mol. The number of esters is 1. The topological polar surface area (TPSA) is 46.5 Å². The summed E-state index contributed by atoms with van der Waals surface area (Å²) in [4.78, 5) is 12.4. The molecule has 4 bridgehead atoms. The first-order valence-corrected chi connectivity index (χ1v) is 9.41. The maximum atomic E-state index is 14.8. The Bertz CT molecular complexity index is 446. The Labute approximate surface area is 139 Å². The van der Waals surface area contributed by atoms with Gasteiger partial charge in [-0.25, -0.2) is 9.18 Å². The molecule has 0 amide bonds. The van der Waals surface area contributed by atoms with E-state index in [1.54, 1.807) is 0 Å². The summed E-state index contributed by atoms with van der Waals surface area (Å²) in [5.74, 6) is 0.161. The highest BCUT2D eigenvalue weighted by atomic mass is 19.1. The molecule has 4 heteroatoms. The van der Waals surface area contributed by atoms with Gasteiger partial charge in [0.1, 0.15) is 5.60 Å². The van der Waals surface area contributed by atoms with Gasteiger partial charge in [-0.1, -0.05) is 26.2 Å². The molecule has 3 atom stereocenters. The fraction of sp³-hybridized carbons (Fsp3) is 0.947. The van der Waals surface area contributed by atoms with Crippen LogP contribution in [-0.4, -0.2) is 27.9 Å². The summed E-state index contributed by atoms with van der Waals surface area (Å²) < 4.78 is 20.5. The Balaban J connectivity index is 1.61. The second-order valence-corrected chi connectivity index (χ2v) is 8.77. The van der Waals surface area contributed by atoms with Crippen molar-refractivity contribution < 1.29 is 19.0 Å². The maximum absolute atomic E-state index is 14.8. The Morgan fingerprint density at radius 1 is 1.22 bits per heavy atom. The molecule has 0 aromatic heterocycles. The predicted octanol–water partition coefficient (Wildman–Crippen LogP) is 4.31. The molecule has 3 nitrogen and oxygen atoms in total. The van der Waals surface area contributed by atoms with Crippen LogP contribution in [0.5, 0.6) is 0 Å². The van der Waals surface area contributed by atoms with Crippen LogP contribution in [-0.2, 0) is 9.53 Å². The zero-order valence-corrected chi connectivity index (χ0v) is 14.6. The summed E-state index contributed by atoms with van der Waals surface area (Å²) in [5.41, 5.74) is -3.19. The lowest BCUT2D eigenvalue weighted by Crippen LogP contribution is -2.61. The second kappa shape index (κ2) is 6.02. The molecule has 4 saturated carbocycles. The molecular formula is C19H31FO3. The normalized spacial score (nSPS) is 40.9. The summed E-state index contributed by atoms with van der Waals surface area (Å²) in [6.45, 7) is 3.47. The highest BCUT2D eigenvalue weighted by Gasteiger charge is 2.59. The van der Waals surface area contributed by atoms with Gasteiger partial charge in [-0.15, -0.1) is 0 Å². The van der Waals surface area contributed by atoms with E-state index in [-0.39, 0.29) is 6.42 Å². The lowest BCUT2D eigenvalue weighted by Gasteiger charge is -2.59. The largest absolute Gasteiger partial charge is 0.457 e. The van der Waals surface area contributed by atoms with Crippen LogP contribution in [0.3, 0.4) is 0 Å². The fourth-order valence-electron chi connectivity index (χ4n) is 5.54. The number of rotatable bonds is 7. The Hall–Kier alpha value is -0.640. The number of aliphatic hydroxyl groups is 1. The van der Waals surface area contributed by atoms with Crippen LogP contribution in [0.15, 0.2) is 0 Å². The van der Waals surface area contributed by atoms with E-state index in [9.17, 15) is 14.3 Å². The molecule has 4 aliphatic rings. The smallest absolute Gasteiger partial charge is 0.344 e. The van der Waals surface area contributed by atoms with Crippen molar-refractivity contribution in [3.8, 4) is 0 Å². The lowest BCUT2D eigenvalue weighted by molar-refractivity contribution is -0.226. The molecule has 23 heavy (non-hydrogen) atoms. The molecule has 0 spiro atoms. The van der Waals surface area contributed by atoms with Crippen molar-refractivity contribution in [2.45, 2.75) is 101 Å². The molecule has 3 unspecified atom stereocenters. The van der Waals surface area contributed by atoms with Crippen molar-refractivity contribution in [2.24, 2.45) is 11.8 Å². The molecule has 4 aliphatic carbocycles. The number of halogens is 1. The number of hydrogen-bond acceptors (Lipinski definition) is 3. The third kappa shape index (κ3) is 3.57. The Morgan fingerprint density at radius 3 is 2.43 bits per heavy atom. The zero-order valence-electron chi connectivity index (χ0n) is 14.6. The minimum absolute atomic E-state index is 0.235. The standard InChI is InChI=1S/C19H31FO3/c1-3-4-5-6-7-17(2,20)16(21)23-19-11-14-8-15(12-19)10-18(22,9-14)13-19/h14-15,22H,3-13H2,1-2H3. The van der Waals surface area contributed by atoms with Crippen LogP contribution >= 0.6 is 0 Å². The van der Waals surface area contributed by atoms with Gasteiger partial charge in [-0.05, 0) is 63.7 Å². The van der Waals surface area contributed by atoms with Gasteiger partial charge in [0.25, 0.3) is 0 Å². The summed E-state index contributed by atoms with van der Waals surface area (Å²) in [7, 11) is 0. The molecule has 0 saturated heterocycles.